The van der Waals surface area contributed by atoms with Crippen molar-refractivity contribution in [3.63, 3.8) is 0 Å². The van der Waals surface area contributed by atoms with E-state index in [0.717, 1.165) is 23.6 Å². The van der Waals surface area contributed by atoms with Crippen LogP contribution in [0.5, 0.6) is 0 Å². The Morgan fingerprint density at radius 2 is 1.96 bits per heavy atom. The molecule has 0 spiro atoms. The Labute approximate surface area is 153 Å². The maximum absolute atomic E-state index is 12.1. The van der Waals surface area contributed by atoms with E-state index < -0.39 is 0 Å². The van der Waals surface area contributed by atoms with Crippen LogP contribution >= 0.6 is 0 Å². The number of urea groups is 1. The van der Waals surface area contributed by atoms with Gasteiger partial charge in [-0.25, -0.2) is 4.79 Å². The van der Waals surface area contributed by atoms with E-state index in [4.69, 9.17) is 4.42 Å². The van der Waals surface area contributed by atoms with Crippen molar-refractivity contribution in [2.24, 2.45) is 0 Å². The first kappa shape index (κ1) is 17.8. The number of amides is 2. The fourth-order valence-electron chi connectivity index (χ4n) is 2.97. The number of nitrogens with one attached hydrogen (secondary N) is 2. The lowest BCUT2D eigenvalue weighted by Gasteiger charge is -2.18. The Bertz CT molecular complexity index is 825. The molecule has 0 bridgehead atoms. The quantitative estimate of drug-likeness (QED) is 0.686. The van der Waals surface area contributed by atoms with Crippen molar-refractivity contribution in [1.82, 2.24) is 20.4 Å². The molecule has 0 aliphatic carbocycles. The zero-order valence-electron chi connectivity index (χ0n) is 15.1. The first-order valence-corrected chi connectivity index (χ1v) is 8.75. The number of hydrogen-bond donors (Lipinski definition) is 2. The molecule has 0 aliphatic heterocycles. The highest BCUT2D eigenvalue weighted by Crippen LogP contribution is 2.20. The summed E-state index contributed by atoms with van der Waals surface area (Å²) in [6.45, 7) is 4.93. The van der Waals surface area contributed by atoms with Crippen molar-refractivity contribution in [3.8, 4) is 0 Å². The summed E-state index contributed by atoms with van der Waals surface area (Å²) in [4.78, 5) is 12.1. The van der Waals surface area contributed by atoms with E-state index in [-0.39, 0.29) is 12.1 Å². The molecule has 0 fully saturated rings. The van der Waals surface area contributed by atoms with Gasteiger partial charge < -0.3 is 15.1 Å². The Kier molecular flexibility index (Phi) is 5.73. The first-order valence-electron chi connectivity index (χ1n) is 8.75. The van der Waals surface area contributed by atoms with E-state index >= 15 is 0 Å². The second-order valence-electron chi connectivity index (χ2n) is 6.28. The average Bonchev–Trinajstić information content (AvgIpc) is 3.26. The van der Waals surface area contributed by atoms with Gasteiger partial charge in [-0.15, -0.1) is 0 Å². The lowest BCUT2D eigenvalue weighted by atomic mass is 10.1. The molecule has 26 heavy (non-hydrogen) atoms. The van der Waals surface area contributed by atoms with Gasteiger partial charge in [0.15, 0.2) is 0 Å². The molecule has 6 nitrogen and oxygen atoms in total. The molecule has 1 unspecified atom stereocenters. The van der Waals surface area contributed by atoms with Crippen LogP contribution in [0.15, 0.2) is 59.2 Å². The number of benzene rings is 1. The number of rotatable bonds is 7. The lowest BCUT2D eigenvalue weighted by Crippen LogP contribution is -2.40. The maximum atomic E-state index is 12.1. The van der Waals surface area contributed by atoms with Gasteiger partial charge in [-0.3, -0.25) is 4.68 Å². The van der Waals surface area contributed by atoms with E-state index in [9.17, 15) is 4.79 Å². The molecule has 0 saturated heterocycles. The van der Waals surface area contributed by atoms with Crippen LogP contribution in [-0.2, 0) is 6.42 Å². The molecule has 1 atom stereocenters. The van der Waals surface area contributed by atoms with Crippen LogP contribution in [0.2, 0.25) is 0 Å². The molecule has 2 heterocycles. The summed E-state index contributed by atoms with van der Waals surface area (Å²) in [6.07, 6.45) is 2.43. The number of aromatic nitrogens is 2. The molecule has 0 aliphatic rings. The largest absolute Gasteiger partial charge is 0.467 e. The van der Waals surface area contributed by atoms with E-state index in [0.29, 0.717) is 13.1 Å². The number of carbonyl (C=O) groups excluding carboxylic acids is 1. The zero-order chi connectivity index (χ0) is 18.4. The Morgan fingerprint density at radius 3 is 2.62 bits per heavy atom. The van der Waals surface area contributed by atoms with Gasteiger partial charge in [0, 0.05) is 18.8 Å². The number of furan rings is 1. The molecule has 0 radical (unpaired) electrons. The van der Waals surface area contributed by atoms with Gasteiger partial charge in [0.1, 0.15) is 11.8 Å². The Balaban J connectivity index is 1.56. The fraction of sp³-hybridized carbons (Fsp3) is 0.300. The van der Waals surface area contributed by atoms with Gasteiger partial charge in [0.25, 0.3) is 0 Å². The second kappa shape index (κ2) is 8.38. The van der Waals surface area contributed by atoms with Gasteiger partial charge in [-0.2, -0.15) is 5.10 Å². The molecular weight excluding hydrogens is 328 g/mol. The van der Waals surface area contributed by atoms with Crippen molar-refractivity contribution in [3.05, 3.63) is 77.5 Å². The SMILES string of the molecule is Cc1cc(C)n(C(CNC(=O)NCCc2ccccc2)c2ccco2)n1. The average molecular weight is 352 g/mol. The second-order valence-corrected chi connectivity index (χ2v) is 6.28. The lowest BCUT2D eigenvalue weighted by molar-refractivity contribution is 0.238. The minimum Gasteiger partial charge on any atom is -0.467 e. The van der Waals surface area contributed by atoms with E-state index in [2.05, 4.69) is 27.9 Å². The van der Waals surface area contributed by atoms with E-state index in [1.165, 1.54) is 5.56 Å². The van der Waals surface area contributed by atoms with Gasteiger partial charge >= 0.3 is 6.03 Å². The highest BCUT2D eigenvalue weighted by atomic mass is 16.3. The highest BCUT2D eigenvalue weighted by Gasteiger charge is 2.20. The Hall–Kier alpha value is -3.02. The molecule has 2 aromatic heterocycles. The zero-order valence-corrected chi connectivity index (χ0v) is 15.1. The van der Waals surface area contributed by atoms with Crippen LogP contribution in [0.1, 0.15) is 28.8 Å². The third-order valence-corrected chi connectivity index (χ3v) is 4.21. The summed E-state index contributed by atoms with van der Waals surface area (Å²) in [5.41, 5.74) is 3.16. The number of nitrogens with zero attached hydrogens (tertiary/aromatic N) is 2. The molecule has 6 heteroatoms. The third kappa shape index (κ3) is 4.53. The fourth-order valence-corrected chi connectivity index (χ4v) is 2.97. The minimum absolute atomic E-state index is 0.182. The smallest absolute Gasteiger partial charge is 0.314 e. The van der Waals surface area contributed by atoms with Crippen molar-refractivity contribution >= 4 is 6.03 Å². The minimum atomic E-state index is -0.195. The predicted octanol–water partition coefficient (Wildman–Crippen LogP) is 3.22. The number of carbonyl (C=O) groups is 1. The summed E-state index contributed by atoms with van der Waals surface area (Å²) in [6, 6.07) is 15.5. The van der Waals surface area contributed by atoms with Crippen LogP contribution < -0.4 is 10.6 Å². The molecule has 2 amide bonds. The first-order chi connectivity index (χ1) is 12.6. The summed E-state index contributed by atoms with van der Waals surface area (Å²) in [7, 11) is 0. The number of aryl methyl sites for hydroxylation is 2. The van der Waals surface area contributed by atoms with Crippen LogP contribution in [0.3, 0.4) is 0 Å². The molecule has 3 aromatic rings. The predicted molar refractivity (Wildman–Crippen MR) is 100 cm³/mol. The van der Waals surface area contributed by atoms with E-state index in [1.807, 2.05) is 54.9 Å². The van der Waals surface area contributed by atoms with Crippen LogP contribution in [0.4, 0.5) is 4.79 Å². The molecular formula is C20H24N4O2. The molecule has 0 saturated carbocycles. The van der Waals surface area contributed by atoms with Crippen molar-refractivity contribution < 1.29 is 9.21 Å². The third-order valence-electron chi connectivity index (χ3n) is 4.21. The van der Waals surface area contributed by atoms with Crippen LogP contribution in [0, 0.1) is 13.8 Å². The van der Waals surface area contributed by atoms with Gasteiger partial charge in [0.2, 0.25) is 0 Å². The topological polar surface area (TPSA) is 72.1 Å². The summed E-state index contributed by atoms with van der Waals surface area (Å²) < 4.78 is 7.44. The van der Waals surface area contributed by atoms with Crippen molar-refractivity contribution in [1.29, 1.82) is 0 Å². The normalized spacial score (nSPS) is 11.9. The molecule has 2 N–H and O–H groups in total. The van der Waals surface area contributed by atoms with Crippen molar-refractivity contribution in [2.45, 2.75) is 26.3 Å². The van der Waals surface area contributed by atoms with Crippen LogP contribution in [0.25, 0.3) is 0 Å². The summed E-state index contributed by atoms with van der Waals surface area (Å²) in [5.74, 6) is 0.765. The molecule has 3 rings (SSSR count). The molecule has 1 aromatic carbocycles. The highest BCUT2D eigenvalue weighted by molar-refractivity contribution is 5.73. The van der Waals surface area contributed by atoms with Gasteiger partial charge in [-0.1, -0.05) is 30.3 Å². The monoisotopic (exact) mass is 352 g/mol. The Morgan fingerprint density at radius 1 is 1.15 bits per heavy atom. The van der Waals surface area contributed by atoms with Crippen LogP contribution in [-0.4, -0.2) is 28.9 Å². The van der Waals surface area contributed by atoms with E-state index in [1.54, 1.807) is 6.26 Å². The standard InChI is InChI=1S/C20H24N4O2/c1-15-13-16(2)24(23-15)18(19-9-6-12-26-19)14-22-20(25)21-11-10-17-7-4-3-5-8-17/h3-9,12-13,18H,10-11,14H2,1-2H3,(H2,21,22,25). The van der Waals surface area contributed by atoms with Crippen molar-refractivity contribution in [2.75, 3.05) is 13.1 Å². The summed E-state index contributed by atoms with van der Waals surface area (Å²) in [5, 5.41) is 10.3. The summed E-state index contributed by atoms with van der Waals surface area (Å²) >= 11 is 0. The molecule has 136 valence electrons. The maximum Gasteiger partial charge on any atom is 0.314 e. The van der Waals surface area contributed by atoms with Gasteiger partial charge in [0.05, 0.1) is 12.0 Å². The van der Waals surface area contributed by atoms with Gasteiger partial charge in [-0.05, 0) is 44.0 Å². The number of hydrogen-bond acceptors (Lipinski definition) is 3.